The Bertz CT molecular complexity index is 2440. The zero-order valence-electron chi connectivity index (χ0n) is 59.6. The minimum Gasteiger partial charge on any atom is -0.462 e. The molecule has 9 nitrogen and oxygen atoms in total. The summed E-state index contributed by atoms with van der Waals surface area (Å²) in [6, 6.07) is 0. The summed E-state index contributed by atoms with van der Waals surface area (Å²) in [6.07, 6.45) is 116. The molecule has 0 rings (SSSR count). The third kappa shape index (κ3) is 75.1. The van der Waals surface area contributed by atoms with Gasteiger partial charge in [-0.25, -0.2) is 4.57 Å². The van der Waals surface area contributed by atoms with Crippen LogP contribution in [0.4, 0.5) is 0 Å². The van der Waals surface area contributed by atoms with Crippen LogP contribution in [0.2, 0.25) is 0 Å². The van der Waals surface area contributed by atoms with Crippen molar-refractivity contribution in [1.82, 2.24) is 0 Å². The summed E-state index contributed by atoms with van der Waals surface area (Å²) < 4.78 is 34.7. The van der Waals surface area contributed by atoms with E-state index in [9.17, 15) is 19.0 Å². The van der Waals surface area contributed by atoms with Crippen LogP contribution >= 0.6 is 7.82 Å². The molecular formula is C84H131NO8P+. The smallest absolute Gasteiger partial charge is 0.462 e. The average Bonchev–Trinajstić information content (AvgIpc) is 1.56. The van der Waals surface area contributed by atoms with Gasteiger partial charge in [-0.05, 0) is 161 Å². The Labute approximate surface area is 575 Å². The first-order valence-corrected chi connectivity index (χ1v) is 37.6. The van der Waals surface area contributed by atoms with Gasteiger partial charge in [0.25, 0.3) is 0 Å². The second-order valence-corrected chi connectivity index (χ2v) is 25.6. The number of unbranched alkanes of at least 4 members (excludes halogenated alkanes) is 11. The fourth-order valence-electron chi connectivity index (χ4n) is 8.74. The maximum absolute atomic E-state index is 12.9. The highest BCUT2D eigenvalue weighted by Gasteiger charge is 2.27. The summed E-state index contributed by atoms with van der Waals surface area (Å²) in [5.41, 5.74) is 0. The van der Waals surface area contributed by atoms with E-state index in [-0.39, 0.29) is 26.1 Å². The monoisotopic (exact) mass is 1310 g/mol. The van der Waals surface area contributed by atoms with Crippen molar-refractivity contribution in [1.29, 1.82) is 0 Å². The van der Waals surface area contributed by atoms with Crippen molar-refractivity contribution in [3.63, 3.8) is 0 Å². The molecule has 0 amide bonds. The zero-order valence-corrected chi connectivity index (χ0v) is 60.5. The Kier molecular flexibility index (Phi) is 66.9. The van der Waals surface area contributed by atoms with Crippen molar-refractivity contribution in [3.05, 3.63) is 231 Å². The van der Waals surface area contributed by atoms with Crippen LogP contribution < -0.4 is 0 Å². The molecule has 0 aliphatic rings. The van der Waals surface area contributed by atoms with Gasteiger partial charge < -0.3 is 18.9 Å². The van der Waals surface area contributed by atoms with Crippen molar-refractivity contribution >= 4 is 19.8 Å². The van der Waals surface area contributed by atoms with Crippen molar-refractivity contribution in [2.75, 3.05) is 47.5 Å². The summed E-state index contributed by atoms with van der Waals surface area (Å²) in [4.78, 5) is 35.9. The number of phosphoric ester groups is 1. The van der Waals surface area contributed by atoms with Crippen LogP contribution in [0.3, 0.4) is 0 Å². The molecule has 1 N–H and O–H groups in total. The zero-order chi connectivity index (χ0) is 68.3. The van der Waals surface area contributed by atoms with Gasteiger partial charge in [-0.1, -0.05) is 290 Å². The van der Waals surface area contributed by atoms with E-state index in [2.05, 4.69) is 245 Å². The molecule has 94 heavy (non-hydrogen) atoms. The van der Waals surface area contributed by atoms with Gasteiger partial charge in [0.2, 0.25) is 0 Å². The van der Waals surface area contributed by atoms with E-state index in [0.29, 0.717) is 23.9 Å². The van der Waals surface area contributed by atoms with Crippen LogP contribution in [0, 0.1) is 0 Å². The van der Waals surface area contributed by atoms with Crippen LogP contribution in [-0.4, -0.2) is 74.9 Å². The number of hydrogen-bond acceptors (Lipinski definition) is 7. The lowest BCUT2D eigenvalue weighted by atomic mass is 10.1. The maximum atomic E-state index is 12.9. The number of nitrogens with zero attached hydrogens (tertiary/aromatic N) is 1. The first-order chi connectivity index (χ1) is 46.0. The Morgan fingerprint density at radius 3 is 0.862 bits per heavy atom. The van der Waals surface area contributed by atoms with Crippen molar-refractivity contribution < 1.29 is 42.1 Å². The summed E-state index contributed by atoms with van der Waals surface area (Å²) in [5, 5.41) is 0. The molecule has 2 atom stereocenters. The number of carbonyl (C=O) groups excluding carboxylic acids is 2. The number of quaternary nitrogens is 1. The lowest BCUT2D eigenvalue weighted by Gasteiger charge is -2.24. The Morgan fingerprint density at radius 1 is 0.330 bits per heavy atom. The molecule has 0 radical (unpaired) electrons. The molecule has 524 valence electrons. The molecule has 0 saturated heterocycles. The van der Waals surface area contributed by atoms with Gasteiger partial charge in [0.1, 0.15) is 19.8 Å². The molecule has 0 aromatic carbocycles. The number of likely N-dealkylation sites (N-methyl/N-ethyl adjacent to an activating group) is 1. The minimum absolute atomic E-state index is 0.00983. The lowest BCUT2D eigenvalue weighted by molar-refractivity contribution is -0.870. The highest BCUT2D eigenvalue weighted by atomic mass is 31.2. The van der Waals surface area contributed by atoms with E-state index in [4.69, 9.17) is 18.5 Å². The minimum atomic E-state index is -4.42. The molecule has 0 aromatic heterocycles. The van der Waals surface area contributed by atoms with Gasteiger partial charge in [0.05, 0.1) is 27.7 Å². The van der Waals surface area contributed by atoms with Crippen molar-refractivity contribution in [3.8, 4) is 0 Å². The van der Waals surface area contributed by atoms with E-state index in [0.717, 1.165) is 167 Å². The molecule has 0 fully saturated rings. The second-order valence-electron chi connectivity index (χ2n) is 24.2. The highest BCUT2D eigenvalue weighted by molar-refractivity contribution is 7.47. The highest BCUT2D eigenvalue weighted by Crippen LogP contribution is 2.43. The van der Waals surface area contributed by atoms with Gasteiger partial charge in [0.15, 0.2) is 6.10 Å². The summed E-state index contributed by atoms with van der Waals surface area (Å²) in [5.74, 6) is -0.865. The Balaban J connectivity index is 4.24. The van der Waals surface area contributed by atoms with Gasteiger partial charge in [0, 0.05) is 12.8 Å². The van der Waals surface area contributed by atoms with Gasteiger partial charge in [-0.3, -0.25) is 18.6 Å². The second kappa shape index (κ2) is 71.4. The van der Waals surface area contributed by atoms with E-state index >= 15 is 0 Å². The summed E-state index contributed by atoms with van der Waals surface area (Å²) >= 11 is 0. The third-order valence-electron chi connectivity index (χ3n) is 14.2. The molecule has 0 spiro atoms. The van der Waals surface area contributed by atoms with E-state index in [1.54, 1.807) is 0 Å². The molecule has 10 heteroatoms. The van der Waals surface area contributed by atoms with Gasteiger partial charge in [-0.2, -0.15) is 0 Å². The number of allylic oxidation sites excluding steroid dienone is 38. The third-order valence-corrected chi connectivity index (χ3v) is 15.2. The normalized spacial score (nSPS) is 14.5. The van der Waals surface area contributed by atoms with E-state index in [1.807, 2.05) is 21.1 Å². The van der Waals surface area contributed by atoms with Crippen LogP contribution in [0.1, 0.15) is 232 Å². The standard InChI is InChI=1S/C84H130NO8P/c1-6-8-10-12-14-16-18-20-22-24-26-28-30-32-34-36-38-40-41-42-43-45-47-49-51-53-55-57-59-61-63-65-67-69-71-73-75-77-84(87)93-82(81-92-94(88,89)91-79-78-85(3,4)5)80-90-83(86)76-74-72-70-68-66-64-62-60-58-56-54-52-50-48-46-44-39-37-35-33-31-29-27-25-23-21-19-17-15-13-11-9-7-2/h8-11,14-17,20-23,26-29,32-35,38-40,42-44,47-50,53-56,59,61,65,67,82H,6-7,12-13,18-19,24-25,30-31,36-37,41,45-46,51-52,57-58,60,62-64,66,68-81H2,1-5H3/p+1/b10-8-,11-9-,16-14-,17-15-,22-20-,23-21-,28-26-,29-27-,34-32-,35-33-,40-38-,43-42-,44-39-,49-47-,50-48-,55-53-,56-54-,61-59-,67-65-. The Morgan fingerprint density at radius 2 is 0.574 bits per heavy atom. The quantitative estimate of drug-likeness (QED) is 0.0211. The molecule has 0 aromatic rings. The van der Waals surface area contributed by atoms with E-state index in [1.165, 1.54) is 25.7 Å². The summed E-state index contributed by atoms with van der Waals surface area (Å²) in [6.45, 7) is 4.12. The molecule has 0 aliphatic heterocycles. The first-order valence-electron chi connectivity index (χ1n) is 36.1. The predicted molar refractivity (Wildman–Crippen MR) is 407 cm³/mol. The predicted octanol–water partition coefficient (Wildman–Crippen LogP) is 24.2. The SMILES string of the molecule is CC/C=C\C/C=C\C/C=C\C/C=C\C/C=C\C/C=C\C/C=C\C/C=C\C/C=C\C/C=C\C/C=C\CCCCCC(=O)OC(COC(=O)CCCCCCCCCC/C=C\C/C=C\C/C=C\C/C=C\C/C=C\C/C=C\C/C=C\C/C=C\CC)COP(=O)(O)OCC[N+](C)(C)C. The molecule has 0 heterocycles. The van der Waals surface area contributed by atoms with Gasteiger partial charge in [-0.15, -0.1) is 0 Å². The van der Waals surface area contributed by atoms with Crippen LogP contribution in [0.15, 0.2) is 231 Å². The molecule has 0 saturated carbocycles. The Hall–Kier alpha value is -5.93. The number of phosphoric acid groups is 1. The molecule has 0 aliphatic carbocycles. The van der Waals surface area contributed by atoms with Gasteiger partial charge >= 0.3 is 19.8 Å². The topological polar surface area (TPSA) is 108 Å². The average molecular weight is 1310 g/mol. The van der Waals surface area contributed by atoms with Crippen LogP contribution in [-0.2, 0) is 32.7 Å². The largest absolute Gasteiger partial charge is 0.472 e. The lowest BCUT2D eigenvalue weighted by Crippen LogP contribution is -2.37. The number of rotatable bonds is 63. The van der Waals surface area contributed by atoms with Crippen molar-refractivity contribution in [2.45, 2.75) is 238 Å². The number of ether oxygens (including phenoxy) is 2. The number of hydrogen-bond donors (Lipinski definition) is 1. The summed E-state index contributed by atoms with van der Waals surface area (Å²) in [7, 11) is 1.41. The fraction of sp³-hybridized carbons (Fsp3) is 0.524. The molecular weight excluding hydrogens is 1180 g/mol. The van der Waals surface area contributed by atoms with Crippen LogP contribution in [0.5, 0.6) is 0 Å². The fourth-order valence-corrected chi connectivity index (χ4v) is 9.48. The molecule has 0 bridgehead atoms. The maximum Gasteiger partial charge on any atom is 0.472 e. The molecule has 2 unspecified atom stereocenters. The van der Waals surface area contributed by atoms with E-state index < -0.39 is 32.5 Å². The first kappa shape index (κ1) is 88.1. The number of esters is 2. The van der Waals surface area contributed by atoms with Crippen molar-refractivity contribution in [2.24, 2.45) is 0 Å². The number of carbonyl (C=O) groups is 2. The van der Waals surface area contributed by atoms with Crippen LogP contribution in [0.25, 0.3) is 0 Å².